The summed E-state index contributed by atoms with van der Waals surface area (Å²) < 4.78 is 29.9. The van der Waals surface area contributed by atoms with E-state index in [0.29, 0.717) is 15.9 Å². The van der Waals surface area contributed by atoms with Crippen LogP contribution >= 0.6 is 15.9 Å². The second-order valence-electron chi connectivity index (χ2n) is 5.89. The normalized spacial score (nSPS) is 12.3. The Morgan fingerprint density at radius 1 is 1.26 bits per heavy atom. The van der Waals surface area contributed by atoms with Crippen LogP contribution in [0.15, 0.2) is 65.4 Å². The van der Waals surface area contributed by atoms with E-state index in [-0.39, 0.29) is 5.56 Å². The van der Waals surface area contributed by atoms with E-state index in [0.717, 1.165) is 0 Å². The van der Waals surface area contributed by atoms with Gasteiger partial charge in [0.05, 0.1) is 0 Å². The van der Waals surface area contributed by atoms with Gasteiger partial charge >= 0.3 is 0 Å². The van der Waals surface area contributed by atoms with Gasteiger partial charge < -0.3 is 9.88 Å². The van der Waals surface area contributed by atoms with Gasteiger partial charge in [0.15, 0.2) is 0 Å². The molecule has 0 radical (unpaired) electrons. The van der Waals surface area contributed by atoms with Crippen LogP contribution in [0, 0.1) is 11.6 Å². The van der Waals surface area contributed by atoms with E-state index in [1.54, 1.807) is 48.3 Å². The van der Waals surface area contributed by atoms with Gasteiger partial charge in [0.2, 0.25) is 5.91 Å². The molecule has 2 aromatic carbocycles. The molecule has 0 saturated carbocycles. The largest absolute Gasteiger partial charge is 0.339 e. The summed E-state index contributed by atoms with van der Waals surface area (Å²) in [5.74, 6) is -0.747. The number of nitrogens with one attached hydrogen (secondary N) is 1. The molecule has 1 N–H and O–H groups in total. The number of amides is 1. The SMILES string of the molecule is Cn1ccnc1C(NC(=O)/C=C/c1cc(Br)ccc1F)c1cccc(F)c1. The van der Waals surface area contributed by atoms with E-state index in [9.17, 15) is 13.6 Å². The van der Waals surface area contributed by atoms with Crippen molar-refractivity contribution in [3.63, 3.8) is 0 Å². The molecule has 138 valence electrons. The Hall–Kier alpha value is -2.80. The first-order valence-corrected chi connectivity index (χ1v) is 8.89. The molecule has 1 unspecified atom stereocenters. The van der Waals surface area contributed by atoms with E-state index in [2.05, 4.69) is 26.2 Å². The van der Waals surface area contributed by atoms with Crippen LogP contribution in [0.4, 0.5) is 8.78 Å². The minimum absolute atomic E-state index is 0.277. The zero-order valence-electron chi connectivity index (χ0n) is 14.4. The smallest absolute Gasteiger partial charge is 0.244 e. The van der Waals surface area contributed by atoms with E-state index in [1.165, 1.54) is 30.4 Å². The first-order valence-electron chi connectivity index (χ1n) is 8.10. The molecule has 1 atom stereocenters. The highest BCUT2D eigenvalue weighted by molar-refractivity contribution is 9.10. The molecule has 1 amide bonds. The van der Waals surface area contributed by atoms with Crippen LogP contribution in [0.3, 0.4) is 0 Å². The number of aromatic nitrogens is 2. The van der Waals surface area contributed by atoms with Gasteiger partial charge in [0, 0.05) is 35.6 Å². The standard InChI is InChI=1S/C20H16BrF2N3O/c1-26-10-9-24-20(26)19(14-3-2-4-16(22)12-14)25-18(27)8-5-13-11-15(21)6-7-17(13)23/h2-12,19H,1H3,(H,25,27)/b8-5+. The summed E-state index contributed by atoms with van der Waals surface area (Å²) in [5, 5.41) is 2.80. The van der Waals surface area contributed by atoms with Crippen molar-refractivity contribution in [3.8, 4) is 0 Å². The Morgan fingerprint density at radius 2 is 2.07 bits per heavy atom. The number of aryl methyl sites for hydroxylation is 1. The summed E-state index contributed by atoms with van der Waals surface area (Å²) in [5.41, 5.74) is 0.832. The van der Waals surface area contributed by atoms with Gasteiger partial charge in [0.1, 0.15) is 23.5 Å². The maximum atomic E-state index is 13.8. The second kappa shape index (κ2) is 8.26. The molecule has 7 heteroatoms. The molecule has 0 aliphatic rings. The number of rotatable bonds is 5. The number of carbonyl (C=O) groups is 1. The molecule has 1 heterocycles. The van der Waals surface area contributed by atoms with Crippen molar-refractivity contribution in [3.05, 3.63) is 94.0 Å². The van der Waals surface area contributed by atoms with Crippen molar-refractivity contribution in [2.45, 2.75) is 6.04 Å². The number of imidazole rings is 1. The molecule has 0 bridgehead atoms. The van der Waals surface area contributed by atoms with Crippen molar-refractivity contribution < 1.29 is 13.6 Å². The van der Waals surface area contributed by atoms with Crippen LogP contribution in [0.2, 0.25) is 0 Å². The van der Waals surface area contributed by atoms with E-state index >= 15 is 0 Å². The molecule has 1 aromatic heterocycles. The van der Waals surface area contributed by atoms with Gasteiger partial charge in [-0.2, -0.15) is 0 Å². The lowest BCUT2D eigenvalue weighted by Gasteiger charge is -2.18. The minimum Gasteiger partial charge on any atom is -0.339 e. The quantitative estimate of drug-likeness (QED) is 0.609. The van der Waals surface area contributed by atoms with Crippen molar-refractivity contribution >= 4 is 27.9 Å². The summed E-state index contributed by atoms with van der Waals surface area (Å²) in [6, 6.07) is 9.76. The first kappa shape index (κ1) is 19.0. The van der Waals surface area contributed by atoms with Crippen LogP contribution in [-0.2, 0) is 11.8 Å². The number of hydrogen-bond acceptors (Lipinski definition) is 2. The topological polar surface area (TPSA) is 46.9 Å². The predicted octanol–water partition coefficient (Wildman–Crippen LogP) is 4.38. The lowest BCUT2D eigenvalue weighted by molar-refractivity contribution is -0.117. The Bertz CT molecular complexity index is 1000. The van der Waals surface area contributed by atoms with E-state index in [4.69, 9.17) is 0 Å². The van der Waals surface area contributed by atoms with Gasteiger partial charge in [-0.1, -0.05) is 28.1 Å². The van der Waals surface area contributed by atoms with Crippen LogP contribution in [-0.4, -0.2) is 15.5 Å². The van der Waals surface area contributed by atoms with Gasteiger partial charge in [-0.25, -0.2) is 13.8 Å². The van der Waals surface area contributed by atoms with Crippen molar-refractivity contribution in [2.75, 3.05) is 0 Å². The average Bonchev–Trinajstić information content (AvgIpc) is 3.06. The third-order valence-electron chi connectivity index (χ3n) is 3.96. The van der Waals surface area contributed by atoms with Gasteiger partial charge in [0.25, 0.3) is 0 Å². The summed E-state index contributed by atoms with van der Waals surface area (Å²) >= 11 is 3.27. The average molecular weight is 432 g/mol. The van der Waals surface area contributed by atoms with Crippen molar-refractivity contribution in [1.29, 1.82) is 0 Å². The number of benzene rings is 2. The molecule has 0 spiro atoms. The summed E-state index contributed by atoms with van der Waals surface area (Å²) in [7, 11) is 1.79. The molecule has 3 rings (SSSR count). The number of nitrogens with zero attached hydrogens (tertiary/aromatic N) is 2. The molecule has 0 fully saturated rings. The number of hydrogen-bond donors (Lipinski definition) is 1. The van der Waals surface area contributed by atoms with Gasteiger partial charge in [-0.15, -0.1) is 0 Å². The zero-order chi connectivity index (χ0) is 19.4. The van der Waals surface area contributed by atoms with Crippen molar-refractivity contribution in [2.24, 2.45) is 7.05 Å². The van der Waals surface area contributed by atoms with Crippen LogP contribution < -0.4 is 5.32 Å². The van der Waals surface area contributed by atoms with Crippen LogP contribution in [0.25, 0.3) is 6.08 Å². The maximum absolute atomic E-state index is 13.8. The fraction of sp³-hybridized carbons (Fsp3) is 0.100. The number of carbonyl (C=O) groups excluding carboxylic acids is 1. The van der Waals surface area contributed by atoms with Gasteiger partial charge in [-0.05, 0) is 42.0 Å². The molecule has 0 saturated heterocycles. The first-order chi connectivity index (χ1) is 12.9. The summed E-state index contributed by atoms with van der Waals surface area (Å²) in [4.78, 5) is 16.7. The molecule has 0 aliphatic carbocycles. The lowest BCUT2D eigenvalue weighted by atomic mass is 10.1. The molecule has 27 heavy (non-hydrogen) atoms. The van der Waals surface area contributed by atoms with Gasteiger partial charge in [-0.3, -0.25) is 4.79 Å². The fourth-order valence-electron chi connectivity index (χ4n) is 2.64. The maximum Gasteiger partial charge on any atom is 0.244 e. The third kappa shape index (κ3) is 4.68. The predicted molar refractivity (Wildman–Crippen MR) is 103 cm³/mol. The molecule has 4 nitrogen and oxygen atoms in total. The Labute approximate surface area is 163 Å². The van der Waals surface area contributed by atoms with E-state index < -0.39 is 23.6 Å². The minimum atomic E-state index is -0.648. The Balaban J connectivity index is 1.86. The van der Waals surface area contributed by atoms with Crippen molar-refractivity contribution in [1.82, 2.24) is 14.9 Å². The highest BCUT2D eigenvalue weighted by Crippen LogP contribution is 2.21. The molecular formula is C20H16BrF2N3O. The van der Waals surface area contributed by atoms with Crippen LogP contribution in [0.1, 0.15) is 23.0 Å². The highest BCUT2D eigenvalue weighted by Gasteiger charge is 2.20. The fourth-order valence-corrected chi connectivity index (χ4v) is 3.02. The lowest BCUT2D eigenvalue weighted by Crippen LogP contribution is -2.29. The number of halogens is 3. The highest BCUT2D eigenvalue weighted by atomic mass is 79.9. The molecule has 0 aliphatic heterocycles. The Morgan fingerprint density at radius 3 is 2.78 bits per heavy atom. The zero-order valence-corrected chi connectivity index (χ0v) is 16.0. The molecular weight excluding hydrogens is 416 g/mol. The third-order valence-corrected chi connectivity index (χ3v) is 4.45. The molecule has 3 aromatic rings. The second-order valence-corrected chi connectivity index (χ2v) is 6.81. The Kier molecular flexibility index (Phi) is 5.81. The summed E-state index contributed by atoms with van der Waals surface area (Å²) in [6.45, 7) is 0. The monoisotopic (exact) mass is 431 g/mol. The van der Waals surface area contributed by atoms with E-state index in [1.807, 2.05) is 0 Å². The van der Waals surface area contributed by atoms with Crippen LogP contribution in [0.5, 0.6) is 0 Å². The summed E-state index contributed by atoms with van der Waals surface area (Å²) in [6.07, 6.45) is 5.96.